The third kappa shape index (κ3) is 3.26. The predicted molar refractivity (Wildman–Crippen MR) is 145 cm³/mol. The lowest BCUT2D eigenvalue weighted by atomic mass is 9.46. The lowest BCUT2D eigenvalue weighted by Gasteiger charge is -2.64. The summed E-state index contributed by atoms with van der Waals surface area (Å²) in [4.78, 5) is 11.2. The van der Waals surface area contributed by atoms with Crippen LogP contribution in [0.2, 0.25) is 0 Å². The summed E-state index contributed by atoms with van der Waals surface area (Å²) in [6, 6.07) is 9.38. The summed E-state index contributed by atoms with van der Waals surface area (Å²) in [5.74, 6) is -0.887. The Morgan fingerprint density at radius 2 is 1.84 bits per heavy atom. The Morgan fingerprint density at radius 3 is 2.54 bits per heavy atom. The minimum Gasteiger partial charge on any atom is -0.447 e. The van der Waals surface area contributed by atoms with Gasteiger partial charge >= 0.3 is 0 Å². The molecule has 0 amide bonds. The Hall–Kier alpha value is -1.31. The highest BCUT2D eigenvalue weighted by atomic mass is 35.5. The van der Waals surface area contributed by atoms with Crippen molar-refractivity contribution in [2.24, 2.45) is 22.7 Å². The molecule has 4 fully saturated rings. The molecule has 0 radical (unpaired) electrons. The first-order valence-corrected chi connectivity index (χ1v) is 14.1. The van der Waals surface area contributed by atoms with E-state index in [9.17, 15) is 4.79 Å². The van der Waals surface area contributed by atoms with Crippen molar-refractivity contribution in [3.8, 4) is 5.75 Å². The van der Waals surface area contributed by atoms with Gasteiger partial charge in [0.15, 0.2) is 17.2 Å². The number of benzene rings is 1. The zero-order valence-corrected chi connectivity index (χ0v) is 23.6. The van der Waals surface area contributed by atoms with Gasteiger partial charge in [0.2, 0.25) is 5.05 Å². The molecule has 1 aromatic carbocycles. The monoisotopic (exact) mass is 564 g/mol. The summed E-state index contributed by atoms with van der Waals surface area (Å²) in [7, 11) is 0. The summed E-state index contributed by atoms with van der Waals surface area (Å²) >= 11 is 20.9. The normalized spacial score (nSPS) is 47.4. The zero-order chi connectivity index (χ0) is 26.6. The summed E-state index contributed by atoms with van der Waals surface area (Å²) in [5.41, 5.74) is -2.17. The Bertz CT molecular complexity index is 1240. The highest BCUT2D eigenvalue weighted by molar-refractivity contribution is 7.80. The molecule has 198 valence electrons. The Labute approximate surface area is 232 Å². The molecule has 1 aromatic rings. The van der Waals surface area contributed by atoms with Crippen molar-refractivity contribution in [1.82, 2.24) is 0 Å². The molecule has 37 heavy (non-hydrogen) atoms. The maximum Gasteiger partial charge on any atom is 0.202 e. The highest BCUT2D eigenvalue weighted by Crippen LogP contribution is 2.74. The fourth-order valence-electron chi connectivity index (χ4n) is 8.26. The van der Waals surface area contributed by atoms with E-state index in [1.54, 1.807) is 6.08 Å². The van der Waals surface area contributed by atoms with Gasteiger partial charge in [0.1, 0.15) is 11.9 Å². The molecule has 5 aliphatic rings. The second-order valence-corrected chi connectivity index (χ2v) is 13.6. The second kappa shape index (κ2) is 8.11. The number of carbonyl (C=O) groups excluding carboxylic acids is 1. The molecule has 0 aromatic heterocycles. The van der Waals surface area contributed by atoms with Crippen molar-refractivity contribution in [3.63, 3.8) is 0 Å². The topological polar surface area (TPSA) is 44.8 Å². The second-order valence-electron chi connectivity index (χ2n) is 12.1. The average Bonchev–Trinajstić information content (AvgIpc) is 3.24. The largest absolute Gasteiger partial charge is 0.447 e. The first-order valence-electron chi connectivity index (χ1n) is 12.9. The van der Waals surface area contributed by atoms with Crippen molar-refractivity contribution in [2.45, 2.75) is 80.9 Å². The molecule has 0 bridgehead atoms. The van der Waals surface area contributed by atoms with Gasteiger partial charge in [0, 0.05) is 10.8 Å². The highest BCUT2D eigenvalue weighted by Gasteiger charge is 2.79. The molecule has 1 aliphatic heterocycles. The van der Waals surface area contributed by atoms with Crippen molar-refractivity contribution in [3.05, 3.63) is 54.1 Å². The Morgan fingerprint density at radius 1 is 1.14 bits per heavy atom. The van der Waals surface area contributed by atoms with E-state index in [4.69, 9.17) is 49.6 Å². The summed E-state index contributed by atoms with van der Waals surface area (Å²) in [5, 5.41) is -0.255. The van der Waals surface area contributed by atoms with Crippen LogP contribution in [0.3, 0.4) is 0 Å². The standard InChI is InChI=1S/C29H31Cl2FO4S/c1-25(2)35-23-14-18-19-13-21(32)20-12-16(33)10-11-26(20,3)28(19,31)22(30)15-27(18,4)29(23,36-25)24(37)34-17-8-6-5-7-9-17/h5-12,18-19,21-23H,13-15H2,1-4H3/t18-,19-,21-,22-,23+,26-,27-,28-,29-/m0/s1. The molecule has 1 heterocycles. The zero-order valence-electron chi connectivity index (χ0n) is 21.3. The summed E-state index contributed by atoms with van der Waals surface area (Å²) in [6.45, 7) is 7.79. The van der Waals surface area contributed by atoms with Crippen LogP contribution in [0.4, 0.5) is 4.39 Å². The summed E-state index contributed by atoms with van der Waals surface area (Å²) in [6.07, 6.45) is 4.19. The molecular formula is C29H31Cl2FO4S. The van der Waals surface area contributed by atoms with E-state index in [1.807, 2.05) is 51.1 Å². The van der Waals surface area contributed by atoms with Gasteiger partial charge in [-0.3, -0.25) is 4.79 Å². The first-order chi connectivity index (χ1) is 17.3. The van der Waals surface area contributed by atoms with Crippen LogP contribution in [-0.4, -0.2) is 44.7 Å². The number of para-hydroxylation sites is 1. The quantitative estimate of drug-likeness (QED) is 0.294. The van der Waals surface area contributed by atoms with Crippen molar-refractivity contribution >= 4 is 46.3 Å². The number of halogens is 3. The van der Waals surface area contributed by atoms with Gasteiger partial charge in [-0.1, -0.05) is 38.1 Å². The number of hydrogen-bond acceptors (Lipinski definition) is 5. The molecule has 8 heteroatoms. The number of fused-ring (bicyclic) bond motifs is 7. The Kier molecular flexibility index (Phi) is 5.68. The average molecular weight is 566 g/mol. The number of alkyl halides is 3. The van der Waals surface area contributed by atoms with Gasteiger partial charge in [-0.05, 0) is 87.0 Å². The number of ketones is 1. The SMILES string of the molecule is CC1(C)O[C@@H]2C[C@H]3[C@@H]4C[C@H](F)C5=CC(=O)C=C[C@]5(C)[C@@]4(Cl)[C@@H](Cl)C[C@]3(C)[C@]2(C(=S)Oc2ccccc2)O1. The molecule has 4 aliphatic carbocycles. The van der Waals surface area contributed by atoms with Gasteiger partial charge in [-0.25, -0.2) is 4.39 Å². The van der Waals surface area contributed by atoms with Crippen LogP contribution < -0.4 is 4.74 Å². The lowest BCUT2D eigenvalue weighted by molar-refractivity contribution is -0.196. The van der Waals surface area contributed by atoms with E-state index < -0.39 is 44.7 Å². The lowest BCUT2D eigenvalue weighted by Crippen LogP contribution is -2.69. The third-order valence-electron chi connectivity index (χ3n) is 9.84. The number of hydrogen-bond donors (Lipinski definition) is 0. The van der Waals surface area contributed by atoms with Crippen molar-refractivity contribution in [1.29, 1.82) is 0 Å². The Balaban J connectivity index is 1.46. The fourth-order valence-corrected chi connectivity index (χ4v) is 9.96. The molecule has 0 N–H and O–H groups in total. The van der Waals surface area contributed by atoms with Gasteiger partial charge in [-0.15, -0.1) is 23.2 Å². The fraction of sp³-hybridized carbons (Fsp3) is 0.586. The smallest absolute Gasteiger partial charge is 0.202 e. The minimum absolute atomic E-state index is 0.0962. The molecule has 6 rings (SSSR count). The molecular weight excluding hydrogens is 534 g/mol. The van der Waals surface area contributed by atoms with Crippen LogP contribution >= 0.6 is 35.4 Å². The van der Waals surface area contributed by atoms with Gasteiger partial charge in [0.05, 0.1) is 16.4 Å². The minimum atomic E-state index is -1.30. The maximum atomic E-state index is 15.9. The van der Waals surface area contributed by atoms with Crippen LogP contribution in [0.15, 0.2) is 54.1 Å². The summed E-state index contributed by atoms with van der Waals surface area (Å²) < 4.78 is 35.4. The van der Waals surface area contributed by atoms with E-state index >= 15 is 4.39 Å². The molecule has 1 saturated heterocycles. The number of rotatable bonds is 2. The van der Waals surface area contributed by atoms with Gasteiger partial charge in [0.25, 0.3) is 0 Å². The maximum absolute atomic E-state index is 15.9. The first kappa shape index (κ1) is 25.9. The predicted octanol–water partition coefficient (Wildman–Crippen LogP) is 6.73. The third-order valence-corrected chi connectivity index (χ3v) is 11.8. The van der Waals surface area contributed by atoms with E-state index in [1.165, 1.54) is 12.2 Å². The molecule has 0 spiro atoms. The number of ether oxygens (including phenoxy) is 3. The van der Waals surface area contributed by atoms with Crippen LogP contribution in [0.1, 0.15) is 47.0 Å². The van der Waals surface area contributed by atoms with Crippen molar-refractivity contribution < 1.29 is 23.4 Å². The molecule has 9 atom stereocenters. The van der Waals surface area contributed by atoms with Crippen LogP contribution in [0.5, 0.6) is 5.75 Å². The number of allylic oxidation sites excluding steroid dienone is 4. The van der Waals surface area contributed by atoms with Gasteiger partial charge in [-0.2, -0.15) is 0 Å². The van der Waals surface area contributed by atoms with E-state index in [-0.39, 0.29) is 24.0 Å². The van der Waals surface area contributed by atoms with Gasteiger partial charge < -0.3 is 14.2 Å². The van der Waals surface area contributed by atoms with Crippen LogP contribution in [-0.2, 0) is 14.3 Å². The van der Waals surface area contributed by atoms with E-state index in [2.05, 4.69) is 6.92 Å². The number of thiocarbonyl (C=S) groups is 1. The van der Waals surface area contributed by atoms with Crippen LogP contribution in [0, 0.1) is 22.7 Å². The molecule has 3 saturated carbocycles. The van der Waals surface area contributed by atoms with Crippen molar-refractivity contribution in [2.75, 3.05) is 0 Å². The number of carbonyl (C=O) groups is 1. The van der Waals surface area contributed by atoms with E-state index in [0.29, 0.717) is 29.2 Å². The van der Waals surface area contributed by atoms with Crippen LogP contribution in [0.25, 0.3) is 0 Å². The molecule has 4 nitrogen and oxygen atoms in total. The van der Waals surface area contributed by atoms with E-state index in [0.717, 1.165) is 0 Å². The molecule has 0 unspecified atom stereocenters.